The van der Waals surface area contributed by atoms with Gasteiger partial charge in [0.05, 0.1) is 32.0 Å². The molecule has 2 amide bonds. The molecule has 240 valence electrons. The highest BCUT2D eigenvalue weighted by Crippen LogP contribution is 2.13. The number of thioether (sulfide) groups is 1. The van der Waals surface area contributed by atoms with Gasteiger partial charge in [-0.25, -0.2) is 4.79 Å². The minimum Gasteiger partial charge on any atom is -0.394 e. The zero-order chi connectivity index (χ0) is 30.9. The van der Waals surface area contributed by atoms with Gasteiger partial charge in [0.1, 0.15) is 6.04 Å². The van der Waals surface area contributed by atoms with Crippen molar-refractivity contribution in [1.82, 2.24) is 10.6 Å². The maximum Gasteiger partial charge on any atom is 0.338 e. The fraction of sp³-hybridized carbons (Fsp3) is 0.857. The van der Waals surface area contributed by atoms with E-state index in [1.165, 1.54) is 57.8 Å². The van der Waals surface area contributed by atoms with E-state index in [0.29, 0.717) is 6.42 Å². The molecule has 0 bridgehead atoms. The zero-order valence-corrected chi connectivity index (χ0v) is 25.4. The molecule has 41 heavy (non-hydrogen) atoms. The van der Waals surface area contributed by atoms with Gasteiger partial charge < -0.3 is 41.5 Å². The Labute approximate surface area is 248 Å². The van der Waals surface area contributed by atoms with Crippen LogP contribution in [-0.4, -0.2) is 99.7 Å². The standard InChI is InChI=1S/C28H53N3O9S/c1-2-3-4-5-6-7-8-9-10-11-12-13-14-15-25(36)40-28(39)24(18-34)31-27(38)23(17-33)30-26(37)22(29)20-41-19-21(35)16-32/h21-24,32-35H,2-20,29H2,1H3,(H,30,37)(H,31,38)/t21?,22-,23-,24-/m0/s1. The number of aliphatic hydroxyl groups is 4. The molecular formula is C28H53N3O9S. The van der Waals surface area contributed by atoms with E-state index in [4.69, 9.17) is 15.6 Å². The Morgan fingerprint density at radius 2 is 1.20 bits per heavy atom. The number of carbonyl (C=O) groups excluding carboxylic acids is 4. The summed E-state index contributed by atoms with van der Waals surface area (Å²) in [4.78, 5) is 49.0. The van der Waals surface area contributed by atoms with Gasteiger partial charge in [0.2, 0.25) is 11.8 Å². The monoisotopic (exact) mass is 607 g/mol. The van der Waals surface area contributed by atoms with Crippen LogP contribution in [0.15, 0.2) is 0 Å². The third-order valence-electron chi connectivity index (χ3n) is 6.45. The number of hydrogen-bond donors (Lipinski definition) is 7. The lowest BCUT2D eigenvalue weighted by Gasteiger charge is -2.21. The van der Waals surface area contributed by atoms with E-state index in [0.717, 1.165) is 31.0 Å². The summed E-state index contributed by atoms with van der Waals surface area (Å²) in [5.41, 5.74) is 5.74. The van der Waals surface area contributed by atoms with Crippen molar-refractivity contribution in [2.75, 3.05) is 31.3 Å². The largest absolute Gasteiger partial charge is 0.394 e. The van der Waals surface area contributed by atoms with E-state index in [-0.39, 0.29) is 17.9 Å². The number of aliphatic hydroxyl groups excluding tert-OH is 4. The van der Waals surface area contributed by atoms with Crippen molar-refractivity contribution in [2.45, 2.75) is 121 Å². The molecule has 13 heteroatoms. The quantitative estimate of drug-likeness (QED) is 0.0417. The minimum atomic E-state index is -1.56. The second-order valence-electron chi connectivity index (χ2n) is 10.3. The number of nitrogens with one attached hydrogen (secondary N) is 2. The highest BCUT2D eigenvalue weighted by molar-refractivity contribution is 7.99. The maximum absolute atomic E-state index is 12.4. The van der Waals surface area contributed by atoms with Gasteiger partial charge in [0, 0.05) is 17.9 Å². The first-order valence-electron chi connectivity index (χ1n) is 14.9. The van der Waals surface area contributed by atoms with Gasteiger partial charge in [0.25, 0.3) is 0 Å². The van der Waals surface area contributed by atoms with E-state index in [1.54, 1.807) is 0 Å². The van der Waals surface area contributed by atoms with Crippen LogP contribution < -0.4 is 16.4 Å². The van der Waals surface area contributed by atoms with Crippen LogP contribution in [0.2, 0.25) is 0 Å². The van der Waals surface area contributed by atoms with E-state index in [1.807, 2.05) is 0 Å². The second kappa shape index (κ2) is 25.9. The highest BCUT2D eigenvalue weighted by atomic mass is 32.2. The van der Waals surface area contributed by atoms with Gasteiger partial charge in [-0.1, -0.05) is 84.0 Å². The summed E-state index contributed by atoms with van der Waals surface area (Å²) in [6, 6.07) is -4.10. The Hall–Kier alpha value is -1.77. The predicted molar refractivity (Wildman–Crippen MR) is 158 cm³/mol. The van der Waals surface area contributed by atoms with Crippen LogP contribution in [0.25, 0.3) is 0 Å². The molecule has 0 fully saturated rings. The van der Waals surface area contributed by atoms with E-state index in [2.05, 4.69) is 17.6 Å². The number of rotatable bonds is 26. The molecule has 0 aromatic rings. The van der Waals surface area contributed by atoms with Crippen LogP contribution in [0.1, 0.15) is 96.8 Å². The minimum absolute atomic E-state index is 0.0378. The van der Waals surface area contributed by atoms with Crippen LogP contribution >= 0.6 is 11.8 Å². The smallest absolute Gasteiger partial charge is 0.338 e. The van der Waals surface area contributed by atoms with Crippen molar-refractivity contribution >= 4 is 35.5 Å². The normalized spacial score (nSPS) is 14.1. The van der Waals surface area contributed by atoms with E-state index in [9.17, 15) is 34.5 Å². The molecule has 0 aromatic heterocycles. The third kappa shape index (κ3) is 20.7. The lowest BCUT2D eigenvalue weighted by Crippen LogP contribution is -2.57. The number of hydrogen-bond acceptors (Lipinski definition) is 11. The Morgan fingerprint density at radius 1 is 0.707 bits per heavy atom. The Morgan fingerprint density at radius 3 is 1.68 bits per heavy atom. The summed E-state index contributed by atoms with van der Waals surface area (Å²) in [5, 5.41) is 41.5. The SMILES string of the molecule is CCCCCCCCCCCCCCCC(=O)OC(=O)[C@H](CO)NC(=O)[C@H](CO)NC(=O)[C@@H](N)CSCC(O)CO. The molecule has 0 saturated heterocycles. The van der Waals surface area contributed by atoms with Crippen molar-refractivity contribution < 1.29 is 44.3 Å². The molecule has 0 heterocycles. The third-order valence-corrected chi connectivity index (χ3v) is 7.67. The molecule has 0 aromatic carbocycles. The van der Waals surface area contributed by atoms with Crippen LogP contribution in [-0.2, 0) is 23.9 Å². The van der Waals surface area contributed by atoms with Crippen molar-refractivity contribution in [3.05, 3.63) is 0 Å². The molecule has 4 atom stereocenters. The number of unbranched alkanes of at least 4 members (excludes halogenated alkanes) is 12. The van der Waals surface area contributed by atoms with Gasteiger partial charge in [-0.05, 0) is 6.42 Å². The Kier molecular flexibility index (Phi) is 24.8. The first kappa shape index (κ1) is 39.2. The van der Waals surface area contributed by atoms with Crippen LogP contribution in [0.5, 0.6) is 0 Å². The molecule has 0 aliphatic rings. The summed E-state index contributed by atoms with van der Waals surface area (Å²) in [6.45, 7) is 0.120. The van der Waals surface area contributed by atoms with E-state index >= 15 is 0 Å². The number of nitrogens with two attached hydrogens (primary N) is 1. The first-order valence-corrected chi connectivity index (χ1v) is 16.0. The second-order valence-corrected chi connectivity index (χ2v) is 11.3. The first-order chi connectivity index (χ1) is 19.7. The average molecular weight is 608 g/mol. The van der Waals surface area contributed by atoms with Gasteiger partial charge >= 0.3 is 11.9 Å². The number of carbonyl (C=O) groups is 4. The molecule has 0 aliphatic carbocycles. The topological polar surface area (TPSA) is 209 Å². The molecule has 0 spiro atoms. The molecular weight excluding hydrogens is 554 g/mol. The van der Waals surface area contributed by atoms with Crippen molar-refractivity contribution in [3.63, 3.8) is 0 Å². The van der Waals surface area contributed by atoms with E-state index < -0.39 is 67.8 Å². The number of esters is 2. The lowest BCUT2D eigenvalue weighted by atomic mass is 10.0. The molecule has 8 N–H and O–H groups in total. The molecule has 0 radical (unpaired) electrons. The number of ether oxygens (including phenoxy) is 1. The fourth-order valence-electron chi connectivity index (χ4n) is 3.91. The lowest BCUT2D eigenvalue weighted by molar-refractivity contribution is -0.162. The van der Waals surface area contributed by atoms with Gasteiger partial charge in [0.15, 0.2) is 6.04 Å². The summed E-state index contributed by atoms with van der Waals surface area (Å²) < 4.78 is 4.75. The molecule has 0 rings (SSSR count). The molecule has 0 aliphatic heterocycles. The summed E-state index contributed by atoms with van der Waals surface area (Å²) in [5.74, 6) is -3.40. The zero-order valence-electron chi connectivity index (χ0n) is 24.6. The molecule has 12 nitrogen and oxygen atoms in total. The van der Waals surface area contributed by atoms with Crippen LogP contribution in [0.4, 0.5) is 0 Å². The summed E-state index contributed by atoms with van der Waals surface area (Å²) >= 11 is 1.12. The summed E-state index contributed by atoms with van der Waals surface area (Å²) in [6.07, 6.45) is 14.1. The average Bonchev–Trinajstić information content (AvgIpc) is 2.96. The van der Waals surface area contributed by atoms with Crippen LogP contribution in [0.3, 0.4) is 0 Å². The Bertz CT molecular complexity index is 730. The van der Waals surface area contributed by atoms with Crippen molar-refractivity contribution in [2.24, 2.45) is 5.73 Å². The molecule has 0 saturated carbocycles. The van der Waals surface area contributed by atoms with Crippen molar-refractivity contribution in [1.29, 1.82) is 0 Å². The highest BCUT2D eigenvalue weighted by Gasteiger charge is 2.29. The van der Waals surface area contributed by atoms with Crippen LogP contribution in [0, 0.1) is 0 Å². The Balaban J connectivity index is 4.22. The van der Waals surface area contributed by atoms with Gasteiger partial charge in [-0.2, -0.15) is 11.8 Å². The van der Waals surface area contributed by atoms with Gasteiger partial charge in [-0.15, -0.1) is 0 Å². The number of amides is 2. The van der Waals surface area contributed by atoms with Crippen molar-refractivity contribution in [3.8, 4) is 0 Å². The maximum atomic E-state index is 12.4. The predicted octanol–water partition coefficient (Wildman–Crippen LogP) is 0.905. The van der Waals surface area contributed by atoms with Gasteiger partial charge in [-0.3, -0.25) is 14.4 Å². The fourth-order valence-corrected chi connectivity index (χ4v) is 4.82. The summed E-state index contributed by atoms with van der Waals surface area (Å²) in [7, 11) is 0. The molecule has 1 unspecified atom stereocenters.